The second kappa shape index (κ2) is 8.62. The summed E-state index contributed by atoms with van der Waals surface area (Å²) < 4.78 is 16.8. The predicted molar refractivity (Wildman–Crippen MR) is 108 cm³/mol. The third-order valence-corrected chi connectivity index (χ3v) is 4.48. The molecule has 4 rings (SSSR count). The van der Waals surface area contributed by atoms with E-state index in [1.807, 2.05) is 30.3 Å². The lowest BCUT2D eigenvalue weighted by Crippen LogP contribution is -2.29. The molecule has 9 heteroatoms. The van der Waals surface area contributed by atoms with Crippen molar-refractivity contribution in [1.29, 1.82) is 0 Å². The van der Waals surface area contributed by atoms with Crippen molar-refractivity contribution in [1.82, 2.24) is 10.3 Å². The van der Waals surface area contributed by atoms with Gasteiger partial charge in [-0.3, -0.25) is 9.59 Å². The Morgan fingerprint density at radius 2 is 1.97 bits per heavy atom. The highest BCUT2D eigenvalue weighted by atomic mass is 16.8. The molecule has 1 unspecified atom stereocenters. The molecule has 0 saturated heterocycles. The molecule has 0 spiro atoms. The number of carboxylic acids is 1. The van der Waals surface area contributed by atoms with Crippen molar-refractivity contribution in [2.45, 2.75) is 12.7 Å². The molecule has 1 aliphatic rings. The Kier molecular flexibility index (Phi) is 5.57. The van der Waals surface area contributed by atoms with E-state index in [4.69, 9.17) is 19.3 Å². The lowest BCUT2D eigenvalue weighted by Gasteiger charge is -2.12. The van der Waals surface area contributed by atoms with E-state index in [1.54, 1.807) is 18.2 Å². The minimum absolute atomic E-state index is 0.196. The van der Waals surface area contributed by atoms with Gasteiger partial charge in [-0.1, -0.05) is 30.3 Å². The van der Waals surface area contributed by atoms with Gasteiger partial charge in [0.1, 0.15) is 12.3 Å². The molecule has 9 nitrogen and oxygen atoms in total. The highest BCUT2D eigenvalue weighted by molar-refractivity contribution is 6.02. The van der Waals surface area contributed by atoms with Crippen LogP contribution in [0.2, 0.25) is 0 Å². The molecular formula is C22H18N2O7. The van der Waals surface area contributed by atoms with E-state index in [-0.39, 0.29) is 17.4 Å². The zero-order valence-electron chi connectivity index (χ0n) is 16.1. The summed E-state index contributed by atoms with van der Waals surface area (Å²) in [5.41, 5.74) is 0.805. The van der Waals surface area contributed by atoms with Crippen LogP contribution in [0.3, 0.4) is 0 Å². The lowest BCUT2D eigenvalue weighted by molar-refractivity contribution is -0.135. The van der Waals surface area contributed by atoms with Crippen molar-refractivity contribution in [3.63, 3.8) is 0 Å². The number of carbonyl (C=O) groups is 2. The molecule has 0 fully saturated rings. The first kappa shape index (κ1) is 20.0. The van der Waals surface area contributed by atoms with Crippen LogP contribution >= 0.6 is 0 Å². The van der Waals surface area contributed by atoms with Crippen LogP contribution in [0.5, 0.6) is 11.5 Å². The van der Waals surface area contributed by atoms with Crippen LogP contribution in [-0.4, -0.2) is 39.9 Å². The zero-order chi connectivity index (χ0) is 21.8. The first-order chi connectivity index (χ1) is 15.0. The van der Waals surface area contributed by atoms with E-state index >= 15 is 0 Å². The number of nitrogens with one attached hydrogen (secondary N) is 1. The highest BCUT2D eigenvalue weighted by Crippen LogP contribution is 2.31. The molecule has 0 bridgehead atoms. The van der Waals surface area contributed by atoms with Crippen LogP contribution in [0.4, 0.5) is 0 Å². The van der Waals surface area contributed by atoms with Gasteiger partial charge in [0.2, 0.25) is 6.29 Å². The molecule has 31 heavy (non-hydrogen) atoms. The molecule has 1 amide bonds. The molecule has 158 valence electrons. The summed E-state index contributed by atoms with van der Waals surface area (Å²) in [4.78, 5) is 26.5. The third-order valence-electron chi connectivity index (χ3n) is 4.48. The number of rotatable bonds is 7. The molecule has 1 aromatic heterocycles. The Morgan fingerprint density at radius 1 is 1.16 bits per heavy atom. The normalized spacial score (nSPS) is 15.0. The maximum atomic E-state index is 12.0. The first-order valence-corrected chi connectivity index (χ1v) is 9.35. The molecule has 3 N–H and O–H groups in total. The van der Waals surface area contributed by atoms with Gasteiger partial charge < -0.3 is 29.7 Å². The van der Waals surface area contributed by atoms with E-state index in [1.165, 1.54) is 12.5 Å². The van der Waals surface area contributed by atoms with Crippen LogP contribution < -0.4 is 10.1 Å². The van der Waals surface area contributed by atoms with Crippen molar-refractivity contribution in [3.8, 4) is 11.5 Å². The minimum Gasteiger partial charge on any atom is -0.505 e. The van der Waals surface area contributed by atoms with Crippen LogP contribution in [0.1, 0.15) is 16.1 Å². The number of amides is 1. The SMILES string of the molecule is O=C(O)CNC(=O)c1ncc2cc(OC3=COC(Cc4ccccc4)O3)ccc2c1O. The number of benzene rings is 2. The predicted octanol–water partition coefficient (Wildman–Crippen LogP) is 2.55. The van der Waals surface area contributed by atoms with Gasteiger partial charge in [0.15, 0.2) is 17.7 Å². The minimum atomic E-state index is -1.20. The number of nitrogens with zero attached hydrogens (tertiary/aromatic N) is 1. The number of aromatic nitrogens is 1. The zero-order valence-corrected chi connectivity index (χ0v) is 16.1. The van der Waals surface area contributed by atoms with Crippen LogP contribution in [0, 0.1) is 0 Å². The number of fused-ring (bicyclic) bond motifs is 1. The fraction of sp³-hybridized carbons (Fsp3) is 0.136. The largest absolute Gasteiger partial charge is 0.505 e. The topological polar surface area (TPSA) is 127 Å². The van der Waals surface area contributed by atoms with E-state index in [0.29, 0.717) is 22.9 Å². The summed E-state index contributed by atoms with van der Waals surface area (Å²) in [6, 6.07) is 14.5. The summed E-state index contributed by atoms with van der Waals surface area (Å²) in [6.07, 6.45) is 2.85. The van der Waals surface area contributed by atoms with Crippen molar-refractivity contribution in [2.24, 2.45) is 0 Å². The fourth-order valence-corrected chi connectivity index (χ4v) is 3.03. The van der Waals surface area contributed by atoms with Gasteiger partial charge in [0, 0.05) is 23.4 Å². The number of hydrogen-bond acceptors (Lipinski definition) is 7. The average molecular weight is 422 g/mol. The number of pyridine rings is 1. The molecule has 0 saturated carbocycles. The van der Waals surface area contributed by atoms with E-state index in [0.717, 1.165) is 5.56 Å². The summed E-state index contributed by atoms with van der Waals surface area (Å²) >= 11 is 0. The smallest absolute Gasteiger partial charge is 0.324 e. The number of aliphatic carboxylic acids is 1. The summed E-state index contributed by atoms with van der Waals surface area (Å²) in [5, 5.41) is 22.1. The fourth-order valence-electron chi connectivity index (χ4n) is 3.03. The second-order valence-corrected chi connectivity index (χ2v) is 6.69. The Morgan fingerprint density at radius 3 is 2.74 bits per heavy atom. The maximum Gasteiger partial charge on any atom is 0.324 e. The van der Waals surface area contributed by atoms with Crippen molar-refractivity contribution in [3.05, 3.63) is 78.2 Å². The number of ether oxygens (including phenoxy) is 3. The summed E-state index contributed by atoms with van der Waals surface area (Å²) in [5.74, 6) is -1.72. The van der Waals surface area contributed by atoms with Gasteiger partial charge in [-0.2, -0.15) is 0 Å². The standard InChI is InChI=1S/C22H18N2O7/c25-17(26)11-24-22(28)20-21(27)16-7-6-15(9-14(16)10-23-20)30-19-12-29-18(31-19)8-13-4-2-1-3-5-13/h1-7,9-10,12,18,27H,8,11H2,(H,24,28)(H,25,26). The monoisotopic (exact) mass is 422 g/mol. The molecule has 1 aliphatic heterocycles. The average Bonchev–Trinajstić information content (AvgIpc) is 3.19. The van der Waals surface area contributed by atoms with Crippen LogP contribution in [0.15, 0.2) is 66.9 Å². The van der Waals surface area contributed by atoms with E-state index in [2.05, 4.69) is 10.3 Å². The Balaban J connectivity index is 1.43. The molecule has 0 aliphatic carbocycles. The van der Waals surface area contributed by atoms with Gasteiger partial charge in [-0.25, -0.2) is 4.98 Å². The number of hydrogen-bond donors (Lipinski definition) is 3. The van der Waals surface area contributed by atoms with E-state index < -0.39 is 24.7 Å². The number of carboxylic acid groups (broad SMARTS) is 1. The third kappa shape index (κ3) is 4.67. The highest BCUT2D eigenvalue weighted by Gasteiger charge is 2.22. The maximum absolute atomic E-state index is 12.0. The van der Waals surface area contributed by atoms with Gasteiger partial charge in [-0.05, 0) is 23.8 Å². The molecule has 2 aromatic carbocycles. The summed E-state index contributed by atoms with van der Waals surface area (Å²) in [6.45, 7) is -0.576. The first-order valence-electron chi connectivity index (χ1n) is 9.35. The molecular weight excluding hydrogens is 404 g/mol. The van der Waals surface area contributed by atoms with Crippen LogP contribution in [-0.2, 0) is 20.7 Å². The van der Waals surface area contributed by atoms with Gasteiger partial charge in [-0.15, -0.1) is 0 Å². The second-order valence-electron chi connectivity index (χ2n) is 6.69. The summed E-state index contributed by atoms with van der Waals surface area (Å²) in [7, 11) is 0. The number of carbonyl (C=O) groups excluding carboxylic acids is 1. The Labute approximate surface area is 176 Å². The molecule has 2 heterocycles. The number of aromatic hydroxyl groups is 1. The quantitative estimate of drug-likeness (QED) is 0.530. The van der Waals surface area contributed by atoms with Gasteiger partial charge in [0.25, 0.3) is 5.91 Å². The molecule has 1 atom stereocenters. The Hall–Kier alpha value is -4.27. The van der Waals surface area contributed by atoms with Gasteiger partial charge in [0.05, 0.1) is 0 Å². The molecule has 0 radical (unpaired) electrons. The van der Waals surface area contributed by atoms with Crippen molar-refractivity contribution in [2.75, 3.05) is 6.54 Å². The van der Waals surface area contributed by atoms with Crippen LogP contribution in [0.25, 0.3) is 10.8 Å². The van der Waals surface area contributed by atoms with Crippen molar-refractivity contribution < 1.29 is 34.0 Å². The lowest BCUT2D eigenvalue weighted by atomic mass is 10.1. The molecule has 3 aromatic rings. The van der Waals surface area contributed by atoms with Crippen molar-refractivity contribution >= 4 is 22.6 Å². The Bertz CT molecular complexity index is 1160. The van der Waals surface area contributed by atoms with E-state index in [9.17, 15) is 14.7 Å². The van der Waals surface area contributed by atoms with Gasteiger partial charge >= 0.3 is 11.9 Å².